The second kappa shape index (κ2) is 9.24. The summed E-state index contributed by atoms with van der Waals surface area (Å²) >= 11 is 0. The van der Waals surface area contributed by atoms with E-state index in [4.69, 9.17) is 0 Å². The molecule has 0 radical (unpaired) electrons. The maximum absolute atomic E-state index is 11.1. The van der Waals surface area contributed by atoms with Gasteiger partial charge in [0.05, 0.1) is 0 Å². The molecule has 0 spiro atoms. The zero-order valence-corrected chi connectivity index (χ0v) is 19.7. The predicted molar refractivity (Wildman–Crippen MR) is 124 cm³/mol. The summed E-state index contributed by atoms with van der Waals surface area (Å²) in [4.78, 5) is 0. The Kier molecular flexibility index (Phi) is 7.43. The highest BCUT2D eigenvalue weighted by Crippen LogP contribution is 2.44. The SMILES string of the molecule is CCc1cc(C)cc(C(CC(C)CC(C)(C)C)c2cc(C)cc(CC)c2O)c1O. The van der Waals surface area contributed by atoms with E-state index in [1.165, 1.54) is 0 Å². The van der Waals surface area contributed by atoms with Crippen LogP contribution in [0.25, 0.3) is 0 Å². The van der Waals surface area contributed by atoms with Crippen LogP contribution >= 0.6 is 0 Å². The Labute approximate surface area is 178 Å². The average molecular weight is 397 g/mol. The van der Waals surface area contributed by atoms with Crippen LogP contribution in [0.4, 0.5) is 0 Å². The molecule has 0 amide bonds. The first-order chi connectivity index (χ1) is 13.5. The number of phenols is 2. The minimum atomic E-state index is -0.0252. The highest BCUT2D eigenvalue weighted by Gasteiger charge is 2.27. The van der Waals surface area contributed by atoms with Gasteiger partial charge in [-0.05, 0) is 62.0 Å². The molecule has 0 heterocycles. The molecule has 2 aromatic rings. The van der Waals surface area contributed by atoms with Gasteiger partial charge in [0.1, 0.15) is 11.5 Å². The maximum atomic E-state index is 11.1. The molecular weight excluding hydrogens is 356 g/mol. The number of rotatable bonds is 7. The Morgan fingerprint density at radius 2 is 1.21 bits per heavy atom. The van der Waals surface area contributed by atoms with E-state index in [1.807, 2.05) is 0 Å². The molecule has 0 aliphatic rings. The lowest BCUT2D eigenvalue weighted by molar-refractivity contribution is 0.289. The summed E-state index contributed by atoms with van der Waals surface area (Å²) in [6.45, 7) is 17.4. The molecule has 1 atom stereocenters. The van der Waals surface area contributed by atoms with Crippen molar-refractivity contribution >= 4 is 0 Å². The molecule has 160 valence electrons. The summed E-state index contributed by atoms with van der Waals surface area (Å²) in [5.41, 5.74) is 6.43. The van der Waals surface area contributed by atoms with Crippen LogP contribution in [0.2, 0.25) is 0 Å². The molecular formula is C27H40O2. The van der Waals surface area contributed by atoms with Gasteiger partial charge >= 0.3 is 0 Å². The van der Waals surface area contributed by atoms with Gasteiger partial charge in [-0.3, -0.25) is 0 Å². The molecule has 2 nitrogen and oxygen atoms in total. The molecule has 0 fully saturated rings. The molecule has 1 unspecified atom stereocenters. The molecule has 2 rings (SSSR count). The van der Waals surface area contributed by atoms with Gasteiger partial charge in [0.15, 0.2) is 0 Å². The van der Waals surface area contributed by atoms with Crippen LogP contribution in [0, 0.1) is 25.2 Å². The van der Waals surface area contributed by atoms with E-state index in [-0.39, 0.29) is 11.3 Å². The van der Waals surface area contributed by atoms with Crippen LogP contribution in [0.5, 0.6) is 11.5 Å². The summed E-state index contributed by atoms with van der Waals surface area (Å²) in [5.74, 6) is 1.23. The summed E-state index contributed by atoms with van der Waals surface area (Å²) < 4.78 is 0. The van der Waals surface area contributed by atoms with E-state index in [2.05, 4.69) is 79.7 Å². The van der Waals surface area contributed by atoms with Gasteiger partial charge < -0.3 is 10.2 Å². The summed E-state index contributed by atoms with van der Waals surface area (Å²) in [6.07, 6.45) is 3.59. The van der Waals surface area contributed by atoms with Crippen molar-refractivity contribution in [3.63, 3.8) is 0 Å². The molecule has 0 bridgehead atoms. The van der Waals surface area contributed by atoms with Crippen molar-refractivity contribution < 1.29 is 10.2 Å². The largest absolute Gasteiger partial charge is 0.507 e. The fourth-order valence-electron chi connectivity index (χ4n) is 4.79. The molecule has 2 N–H and O–H groups in total. The van der Waals surface area contributed by atoms with Crippen molar-refractivity contribution in [1.29, 1.82) is 0 Å². The Morgan fingerprint density at radius 1 is 0.793 bits per heavy atom. The van der Waals surface area contributed by atoms with Gasteiger partial charge in [0, 0.05) is 17.0 Å². The number of benzene rings is 2. The minimum Gasteiger partial charge on any atom is -0.507 e. The van der Waals surface area contributed by atoms with E-state index in [0.29, 0.717) is 17.4 Å². The quantitative estimate of drug-likeness (QED) is 0.511. The van der Waals surface area contributed by atoms with Crippen molar-refractivity contribution in [2.45, 2.75) is 87.0 Å². The van der Waals surface area contributed by atoms with E-state index < -0.39 is 0 Å². The highest BCUT2D eigenvalue weighted by atomic mass is 16.3. The predicted octanol–water partition coefficient (Wildman–Crippen LogP) is 7.43. The van der Waals surface area contributed by atoms with Crippen molar-refractivity contribution in [2.75, 3.05) is 0 Å². The third kappa shape index (κ3) is 5.78. The van der Waals surface area contributed by atoms with Crippen LogP contribution in [-0.2, 0) is 12.8 Å². The Bertz CT molecular complexity index is 783. The van der Waals surface area contributed by atoms with Crippen LogP contribution in [0.1, 0.15) is 93.7 Å². The third-order valence-electron chi connectivity index (χ3n) is 5.84. The number of aromatic hydroxyl groups is 2. The topological polar surface area (TPSA) is 40.5 Å². The Balaban J connectivity index is 2.66. The zero-order chi connectivity index (χ0) is 21.9. The summed E-state index contributed by atoms with van der Waals surface area (Å²) in [5, 5.41) is 22.2. The number of phenolic OH excluding ortho intramolecular Hbond substituents is 2. The minimum absolute atomic E-state index is 0.0252. The van der Waals surface area contributed by atoms with Gasteiger partial charge in [-0.1, -0.05) is 76.9 Å². The first-order valence-corrected chi connectivity index (χ1v) is 11.1. The van der Waals surface area contributed by atoms with Crippen LogP contribution in [0.15, 0.2) is 24.3 Å². The Morgan fingerprint density at radius 3 is 1.55 bits per heavy atom. The molecule has 0 aromatic heterocycles. The highest BCUT2D eigenvalue weighted by molar-refractivity contribution is 5.54. The molecule has 2 aromatic carbocycles. The van der Waals surface area contributed by atoms with Gasteiger partial charge in [-0.2, -0.15) is 0 Å². The lowest BCUT2D eigenvalue weighted by atomic mass is 9.76. The standard InChI is InChI=1S/C27H40O2/c1-9-20-11-17(3)13-23(25(20)28)22(15-19(5)16-27(6,7)8)24-14-18(4)12-21(10-2)26(24)29/h11-14,19,22,28-29H,9-10,15-16H2,1-8H3. The van der Waals surface area contributed by atoms with E-state index in [0.717, 1.165) is 59.1 Å². The van der Waals surface area contributed by atoms with Gasteiger partial charge in [0.2, 0.25) is 0 Å². The molecule has 0 saturated heterocycles. The number of hydrogen-bond donors (Lipinski definition) is 2. The Hall–Kier alpha value is -1.96. The van der Waals surface area contributed by atoms with Gasteiger partial charge in [-0.25, -0.2) is 0 Å². The zero-order valence-electron chi connectivity index (χ0n) is 19.7. The molecule has 29 heavy (non-hydrogen) atoms. The van der Waals surface area contributed by atoms with Gasteiger partial charge in [-0.15, -0.1) is 0 Å². The first-order valence-electron chi connectivity index (χ1n) is 11.1. The summed E-state index contributed by atoms with van der Waals surface area (Å²) in [7, 11) is 0. The van der Waals surface area contributed by atoms with E-state index in [9.17, 15) is 10.2 Å². The van der Waals surface area contributed by atoms with Crippen molar-refractivity contribution in [3.8, 4) is 11.5 Å². The molecule has 2 heteroatoms. The average Bonchev–Trinajstić information content (AvgIpc) is 2.61. The van der Waals surface area contributed by atoms with Crippen molar-refractivity contribution in [3.05, 3.63) is 57.6 Å². The lowest BCUT2D eigenvalue weighted by Gasteiger charge is -2.29. The van der Waals surface area contributed by atoms with Crippen molar-refractivity contribution in [2.24, 2.45) is 11.3 Å². The van der Waals surface area contributed by atoms with Crippen LogP contribution in [0.3, 0.4) is 0 Å². The fraction of sp³-hybridized carbons (Fsp3) is 0.556. The number of aryl methyl sites for hydroxylation is 4. The van der Waals surface area contributed by atoms with E-state index in [1.54, 1.807) is 0 Å². The number of hydrogen-bond acceptors (Lipinski definition) is 2. The maximum Gasteiger partial charge on any atom is 0.122 e. The second-order valence-electron chi connectivity index (χ2n) is 10.1. The van der Waals surface area contributed by atoms with E-state index >= 15 is 0 Å². The lowest BCUT2D eigenvalue weighted by Crippen LogP contribution is -2.15. The molecule has 0 aliphatic carbocycles. The molecule has 0 saturated carbocycles. The van der Waals surface area contributed by atoms with Crippen LogP contribution < -0.4 is 0 Å². The smallest absolute Gasteiger partial charge is 0.122 e. The third-order valence-corrected chi connectivity index (χ3v) is 5.84. The molecule has 0 aliphatic heterocycles. The van der Waals surface area contributed by atoms with Crippen molar-refractivity contribution in [1.82, 2.24) is 0 Å². The van der Waals surface area contributed by atoms with Gasteiger partial charge in [0.25, 0.3) is 0 Å². The summed E-state index contributed by atoms with van der Waals surface area (Å²) in [6, 6.07) is 8.36. The first kappa shape index (κ1) is 23.3. The fourth-order valence-corrected chi connectivity index (χ4v) is 4.79. The monoisotopic (exact) mass is 396 g/mol. The van der Waals surface area contributed by atoms with Crippen LogP contribution in [-0.4, -0.2) is 10.2 Å². The second-order valence-corrected chi connectivity index (χ2v) is 10.1. The normalized spacial score (nSPS) is 13.1.